The lowest BCUT2D eigenvalue weighted by Crippen LogP contribution is -2.36. The van der Waals surface area contributed by atoms with Gasteiger partial charge in [-0.1, -0.05) is 18.2 Å². The summed E-state index contributed by atoms with van der Waals surface area (Å²) in [4.78, 5) is 25.2. The molecule has 1 aliphatic rings. The molecule has 0 saturated carbocycles. The van der Waals surface area contributed by atoms with E-state index in [0.717, 1.165) is 24.9 Å². The first kappa shape index (κ1) is 15.5. The fourth-order valence-corrected chi connectivity index (χ4v) is 2.63. The van der Waals surface area contributed by atoms with Gasteiger partial charge in [0.1, 0.15) is 11.8 Å². The number of likely N-dealkylation sites (tertiary alicyclic amines) is 1. The minimum absolute atomic E-state index is 0.167. The predicted molar refractivity (Wildman–Crippen MR) is 77.8 cm³/mol. The number of carbonyl (C=O) groups is 2. The van der Waals surface area contributed by atoms with Gasteiger partial charge in [-0.05, 0) is 32.4 Å². The van der Waals surface area contributed by atoms with Crippen molar-refractivity contribution in [2.45, 2.75) is 39.3 Å². The van der Waals surface area contributed by atoms with E-state index in [1.54, 1.807) is 6.07 Å². The molecule has 0 aromatic heterocycles. The van der Waals surface area contributed by atoms with Gasteiger partial charge in [0.15, 0.2) is 0 Å². The van der Waals surface area contributed by atoms with Gasteiger partial charge < -0.3 is 9.47 Å². The van der Waals surface area contributed by atoms with Crippen LogP contribution in [-0.4, -0.2) is 36.0 Å². The second-order valence-corrected chi connectivity index (χ2v) is 5.08. The van der Waals surface area contributed by atoms with Crippen molar-refractivity contribution in [2.75, 3.05) is 13.2 Å². The number of para-hydroxylation sites is 1. The molecule has 1 saturated heterocycles. The van der Waals surface area contributed by atoms with Crippen LogP contribution < -0.4 is 4.74 Å². The second kappa shape index (κ2) is 7.22. The highest BCUT2D eigenvalue weighted by Gasteiger charge is 2.32. The molecule has 5 heteroatoms. The lowest BCUT2D eigenvalue weighted by Gasteiger charge is -2.23. The molecular formula is C16H21NO4. The van der Waals surface area contributed by atoms with E-state index in [1.807, 2.05) is 25.1 Å². The normalized spacial score (nSPS) is 18.5. The van der Waals surface area contributed by atoms with Gasteiger partial charge in [0.05, 0.1) is 6.61 Å². The maximum Gasteiger partial charge on any atom is 0.323 e. The number of esters is 2. The molecule has 0 aliphatic carbocycles. The molecule has 21 heavy (non-hydrogen) atoms. The van der Waals surface area contributed by atoms with Crippen LogP contribution in [-0.2, 0) is 20.9 Å². The van der Waals surface area contributed by atoms with Gasteiger partial charge in [-0.2, -0.15) is 0 Å². The van der Waals surface area contributed by atoms with Crippen LogP contribution in [0.1, 0.15) is 32.3 Å². The Kier molecular flexibility index (Phi) is 5.33. The van der Waals surface area contributed by atoms with Crippen molar-refractivity contribution < 1.29 is 19.1 Å². The lowest BCUT2D eigenvalue weighted by atomic mass is 10.1. The van der Waals surface area contributed by atoms with Crippen molar-refractivity contribution >= 4 is 11.9 Å². The van der Waals surface area contributed by atoms with Gasteiger partial charge in [0.2, 0.25) is 0 Å². The molecule has 0 N–H and O–H groups in total. The van der Waals surface area contributed by atoms with Crippen LogP contribution >= 0.6 is 0 Å². The molecule has 2 rings (SSSR count). The summed E-state index contributed by atoms with van der Waals surface area (Å²) in [5.74, 6) is 0.0466. The Morgan fingerprint density at radius 2 is 2.10 bits per heavy atom. The van der Waals surface area contributed by atoms with E-state index in [1.165, 1.54) is 6.92 Å². The number of carbonyl (C=O) groups excluding carboxylic acids is 2. The Morgan fingerprint density at radius 1 is 1.33 bits per heavy atom. The predicted octanol–water partition coefficient (Wildman–Crippen LogP) is 2.14. The molecule has 114 valence electrons. The van der Waals surface area contributed by atoms with Crippen molar-refractivity contribution in [3.8, 4) is 5.75 Å². The van der Waals surface area contributed by atoms with E-state index in [9.17, 15) is 9.59 Å². The highest BCUT2D eigenvalue weighted by molar-refractivity contribution is 5.76. The molecule has 1 atom stereocenters. The van der Waals surface area contributed by atoms with Crippen LogP contribution in [0.15, 0.2) is 24.3 Å². The minimum Gasteiger partial charge on any atom is -0.465 e. The smallest absolute Gasteiger partial charge is 0.323 e. The van der Waals surface area contributed by atoms with Crippen LogP contribution in [0.25, 0.3) is 0 Å². The van der Waals surface area contributed by atoms with Crippen LogP contribution in [0.3, 0.4) is 0 Å². The molecule has 1 aliphatic heterocycles. The largest absolute Gasteiger partial charge is 0.465 e. The third-order valence-electron chi connectivity index (χ3n) is 3.52. The zero-order valence-electron chi connectivity index (χ0n) is 12.5. The summed E-state index contributed by atoms with van der Waals surface area (Å²) in [5.41, 5.74) is 0.906. The number of benzene rings is 1. The van der Waals surface area contributed by atoms with Crippen LogP contribution in [0.4, 0.5) is 0 Å². The van der Waals surface area contributed by atoms with E-state index in [0.29, 0.717) is 18.9 Å². The number of rotatable bonds is 5. The summed E-state index contributed by atoms with van der Waals surface area (Å²) >= 11 is 0. The number of hydrogen-bond donors (Lipinski definition) is 0. The molecule has 1 heterocycles. The molecule has 0 spiro atoms. The molecule has 1 aromatic rings. The van der Waals surface area contributed by atoms with Crippen molar-refractivity contribution in [1.29, 1.82) is 0 Å². The minimum atomic E-state index is -0.342. The van der Waals surface area contributed by atoms with Crippen LogP contribution in [0.2, 0.25) is 0 Å². The topological polar surface area (TPSA) is 55.8 Å². The van der Waals surface area contributed by atoms with Crippen molar-refractivity contribution in [1.82, 2.24) is 4.90 Å². The summed E-state index contributed by atoms with van der Waals surface area (Å²) < 4.78 is 10.3. The zero-order chi connectivity index (χ0) is 15.2. The molecule has 1 fully saturated rings. The van der Waals surface area contributed by atoms with E-state index in [4.69, 9.17) is 9.47 Å². The number of hydrogen-bond acceptors (Lipinski definition) is 5. The van der Waals surface area contributed by atoms with E-state index >= 15 is 0 Å². The maximum absolute atomic E-state index is 12.0. The molecule has 0 amide bonds. The molecule has 1 aromatic carbocycles. The average molecular weight is 291 g/mol. The third-order valence-corrected chi connectivity index (χ3v) is 3.52. The summed E-state index contributed by atoms with van der Waals surface area (Å²) in [5, 5.41) is 0. The number of nitrogens with zero attached hydrogens (tertiary/aromatic N) is 1. The summed E-state index contributed by atoms with van der Waals surface area (Å²) in [6, 6.07) is 7.22. The van der Waals surface area contributed by atoms with Gasteiger partial charge in [0.25, 0.3) is 0 Å². The maximum atomic E-state index is 12.0. The fraction of sp³-hybridized carbons (Fsp3) is 0.500. The van der Waals surface area contributed by atoms with Crippen molar-refractivity contribution in [2.24, 2.45) is 0 Å². The van der Waals surface area contributed by atoms with Crippen LogP contribution in [0, 0.1) is 0 Å². The Morgan fingerprint density at radius 3 is 2.81 bits per heavy atom. The zero-order valence-corrected chi connectivity index (χ0v) is 12.5. The summed E-state index contributed by atoms with van der Waals surface area (Å²) in [6.07, 6.45) is 1.79. The van der Waals surface area contributed by atoms with Gasteiger partial charge >= 0.3 is 11.9 Å². The van der Waals surface area contributed by atoms with E-state index < -0.39 is 0 Å². The Hall–Kier alpha value is -1.88. The summed E-state index contributed by atoms with van der Waals surface area (Å²) in [6.45, 7) is 5.01. The molecular weight excluding hydrogens is 270 g/mol. The molecule has 5 nitrogen and oxygen atoms in total. The fourth-order valence-electron chi connectivity index (χ4n) is 2.63. The van der Waals surface area contributed by atoms with Gasteiger partial charge in [-0.3, -0.25) is 14.5 Å². The van der Waals surface area contributed by atoms with E-state index in [2.05, 4.69) is 4.90 Å². The first-order valence-electron chi connectivity index (χ1n) is 7.28. The molecule has 0 radical (unpaired) electrons. The second-order valence-electron chi connectivity index (χ2n) is 5.08. The highest BCUT2D eigenvalue weighted by atomic mass is 16.5. The molecule has 0 unspecified atom stereocenters. The first-order valence-corrected chi connectivity index (χ1v) is 7.28. The van der Waals surface area contributed by atoms with E-state index in [-0.39, 0.29) is 18.0 Å². The third kappa shape index (κ3) is 4.04. The SMILES string of the molecule is CCOC(=O)[C@@H]1CCCN1Cc1ccccc1OC(C)=O. The molecule has 0 bridgehead atoms. The Labute approximate surface area is 124 Å². The monoisotopic (exact) mass is 291 g/mol. The quantitative estimate of drug-likeness (QED) is 0.614. The lowest BCUT2D eigenvalue weighted by molar-refractivity contribution is -0.148. The van der Waals surface area contributed by atoms with Gasteiger partial charge in [-0.25, -0.2) is 0 Å². The van der Waals surface area contributed by atoms with Gasteiger partial charge in [0, 0.05) is 19.0 Å². The van der Waals surface area contributed by atoms with Crippen molar-refractivity contribution in [3.05, 3.63) is 29.8 Å². The standard InChI is InChI=1S/C16H21NO4/c1-3-20-16(19)14-8-6-10-17(14)11-13-7-4-5-9-15(13)21-12(2)18/h4-5,7,9,14H,3,6,8,10-11H2,1-2H3/t14-/m0/s1. The Balaban J connectivity index is 2.10. The van der Waals surface area contributed by atoms with Gasteiger partial charge in [-0.15, -0.1) is 0 Å². The van der Waals surface area contributed by atoms with Crippen LogP contribution in [0.5, 0.6) is 5.75 Å². The Bertz CT molecular complexity index is 515. The first-order chi connectivity index (χ1) is 10.1. The number of ether oxygens (including phenoxy) is 2. The average Bonchev–Trinajstić information content (AvgIpc) is 2.89. The van der Waals surface area contributed by atoms with Crippen molar-refractivity contribution in [3.63, 3.8) is 0 Å². The summed E-state index contributed by atoms with van der Waals surface area (Å²) in [7, 11) is 0. The highest BCUT2D eigenvalue weighted by Crippen LogP contribution is 2.25.